The number of rotatable bonds is 5. The Morgan fingerprint density at radius 2 is 2.00 bits per heavy atom. The van der Waals surface area contributed by atoms with Gasteiger partial charge in [-0.2, -0.15) is 0 Å². The molecule has 0 saturated heterocycles. The topological polar surface area (TPSA) is 71.1 Å². The van der Waals surface area contributed by atoms with Crippen molar-refractivity contribution in [2.45, 2.75) is 18.2 Å². The molecule has 0 aliphatic rings. The molecule has 0 fully saturated rings. The fourth-order valence-electron chi connectivity index (χ4n) is 1.73. The molecule has 0 saturated carbocycles. The maximum absolute atomic E-state index is 12.0. The minimum atomic E-state index is -3.42. The molecule has 1 aromatic heterocycles. The molecule has 102 valence electrons. The molecular formula is C13H17N3O2S. The number of hydrogen-bond acceptors (Lipinski definition) is 4. The molecular weight excluding hydrogens is 262 g/mol. The van der Waals surface area contributed by atoms with Crippen molar-refractivity contribution in [3.8, 4) is 0 Å². The molecule has 2 aromatic rings. The highest BCUT2D eigenvalue weighted by atomic mass is 32.2. The summed E-state index contributed by atoms with van der Waals surface area (Å²) in [5, 5.41) is 3.75. The quantitative estimate of drug-likeness (QED) is 0.877. The molecule has 0 aliphatic carbocycles. The Balaban J connectivity index is 2.42. The second-order valence-corrected chi connectivity index (χ2v) is 5.97. The van der Waals surface area contributed by atoms with E-state index in [9.17, 15) is 8.42 Å². The van der Waals surface area contributed by atoms with Crippen LogP contribution in [-0.4, -0.2) is 27.0 Å². The molecule has 1 aromatic carbocycles. The summed E-state index contributed by atoms with van der Waals surface area (Å²) in [6, 6.07) is 8.61. The van der Waals surface area contributed by atoms with Crippen LogP contribution >= 0.6 is 0 Å². The van der Waals surface area contributed by atoms with Crippen LogP contribution in [0.2, 0.25) is 0 Å². The van der Waals surface area contributed by atoms with E-state index in [0.717, 1.165) is 23.1 Å². The molecule has 1 heterocycles. The summed E-state index contributed by atoms with van der Waals surface area (Å²) in [5.41, 5.74) is 0.765. The minimum Gasteiger partial charge on any atom is -0.373 e. The zero-order valence-corrected chi connectivity index (χ0v) is 11.8. The van der Waals surface area contributed by atoms with Gasteiger partial charge in [0, 0.05) is 19.0 Å². The van der Waals surface area contributed by atoms with Gasteiger partial charge in [-0.15, -0.1) is 0 Å². The highest BCUT2D eigenvalue weighted by molar-refractivity contribution is 7.89. The smallest absolute Gasteiger partial charge is 0.240 e. The van der Waals surface area contributed by atoms with E-state index in [0.29, 0.717) is 6.54 Å². The van der Waals surface area contributed by atoms with Gasteiger partial charge in [0.1, 0.15) is 5.82 Å². The number of aromatic nitrogens is 1. The van der Waals surface area contributed by atoms with Gasteiger partial charge in [-0.1, -0.05) is 6.92 Å². The van der Waals surface area contributed by atoms with Crippen molar-refractivity contribution in [1.82, 2.24) is 9.71 Å². The largest absolute Gasteiger partial charge is 0.373 e. The monoisotopic (exact) mass is 279 g/mol. The Morgan fingerprint density at radius 1 is 1.21 bits per heavy atom. The molecule has 0 aliphatic heterocycles. The fourth-order valence-corrected chi connectivity index (χ4v) is 2.90. The standard InChI is InChI=1S/C13H17N3O2S/c1-3-8-15-19(17,18)11-5-6-12-10(9-11)4-7-13(14-2)16-12/h4-7,9,15H,3,8H2,1-2H3,(H,14,16). The molecule has 5 nitrogen and oxygen atoms in total. The van der Waals surface area contributed by atoms with E-state index in [2.05, 4.69) is 15.0 Å². The lowest BCUT2D eigenvalue weighted by Crippen LogP contribution is -2.24. The van der Waals surface area contributed by atoms with Crippen molar-refractivity contribution < 1.29 is 8.42 Å². The number of fused-ring (bicyclic) bond motifs is 1. The Kier molecular flexibility index (Phi) is 4.01. The zero-order chi connectivity index (χ0) is 13.9. The second kappa shape index (κ2) is 5.54. The maximum atomic E-state index is 12.0. The van der Waals surface area contributed by atoms with Crippen LogP contribution in [0, 0.1) is 0 Å². The van der Waals surface area contributed by atoms with Gasteiger partial charge in [0.25, 0.3) is 0 Å². The molecule has 0 amide bonds. The van der Waals surface area contributed by atoms with Crippen LogP contribution in [0.3, 0.4) is 0 Å². The summed E-state index contributed by atoms with van der Waals surface area (Å²) in [6.07, 6.45) is 0.764. The van der Waals surface area contributed by atoms with E-state index >= 15 is 0 Å². The van der Waals surface area contributed by atoms with Crippen molar-refractivity contribution in [1.29, 1.82) is 0 Å². The zero-order valence-electron chi connectivity index (χ0n) is 11.0. The summed E-state index contributed by atoms with van der Waals surface area (Å²) < 4.78 is 26.6. The number of nitrogens with zero attached hydrogens (tertiary/aromatic N) is 1. The molecule has 0 bridgehead atoms. The van der Waals surface area contributed by atoms with Crippen LogP contribution in [-0.2, 0) is 10.0 Å². The van der Waals surface area contributed by atoms with Gasteiger partial charge in [-0.3, -0.25) is 0 Å². The van der Waals surface area contributed by atoms with Crippen LogP contribution < -0.4 is 10.0 Å². The van der Waals surface area contributed by atoms with E-state index < -0.39 is 10.0 Å². The average molecular weight is 279 g/mol. The molecule has 2 N–H and O–H groups in total. The summed E-state index contributed by atoms with van der Waals surface area (Å²) in [4.78, 5) is 4.62. The lowest BCUT2D eigenvalue weighted by molar-refractivity contribution is 0.581. The van der Waals surface area contributed by atoms with E-state index in [4.69, 9.17) is 0 Å². The molecule has 0 spiro atoms. The lowest BCUT2D eigenvalue weighted by atomic mass is 10.2. The van der Waals surface area contributed by atoms with Crippen LogP contribution in [0.5, 0.6) is 0 Å². The van der Waals surface area contributed by atoms with Crippen molar-refractivity contribution in [2.24, 2.45) is 0 Å². The van der Waals surface area contributed by atoms with Crippen LogP contribution in [0.4, 0.5) is 5.82 Å². The van der Waals surface area contributed by atoms with Gasteiger partial charge >= 0.3 is 0 Å². The van der Waals surface area contributed by atoms with E-state index in [1.54, 1.807) is 25.2 Å². The van der Waals surface area contributed by atoms with Crippen molar-refractivity contribution >= 4 is 26.7 Å². The van der Waals surface area contributed by atoms with Gasteiger partial charge in [-0.25, -0.2) is 18.1 Å². The summed E-state index contributed by atoms with van der Waals surface area (Å²) >= 11 is 0. The Bertz CT molecular complexity index is 683. The summed E-state index contributed by atoms with van der Waals surface area (Å²) in [6.45, 7) is 2.36. The SMILES string of the molecule is CCCNS(=O)(=O)c1ccc2nc(NC)ccc2c1. The number of pyridine rings is 1. The van der Waals surface area contributed by atoms with Crippen molar-refractivity contribution in [2.75, 3.05) is 18.9 Å². The van der Waals surface area contributed by atoms with Gasteiger partial charge in [0.2, 0.25) is 10.0 Å². The van der Waals surface area contributed by atoms with Gasteiger partial charge in [0.15, 0.2) is 0 Å². The molecule has 0 radical (unpaired) electrons. The first-order valence-electron chi connectivity index (χ1n) is 6.15. The first kappa shape index (κ1) is 13.8. The molecule has 6 heteroatoms. The average Bonchev–Trinajstić information content (AvgIpc) is 2.44. The minimum absolute atomic E-state index is 0.271. The van der Waals surface area contributed by atoms with Crippen LogP contribution in [0.15, 0.2) is 35.2 Å². The fraction of sp³-hybridized carbons (Fsp3) is 0.308. The Morgan fingerprint density at radius 3 is 2.68 bits per heavy atom. The summed E-state index contributed by atoms with van der Waals surface area (Å²) in [5.74, 6) is 0.757. The van der Waals surface area contributed by atoms with Gasteiger partial charge in [-0.05, 0) is 36.8 Å². The molecule has 2 rings (SSSR count). The van der Waals surface area contributed by atoms with Gasteiger partial charge < -0.3 is 5.32 Å². The third-order valence-electron chi connectivity index (χ3n) is 2.77. The third kappa shape index (κ3) is 3.02. The third-order valence-corrected chi connectivity index (χ3v) is 4.23. The molecule has 0 atom stereocenters. The normalized spacial score (nSPS) is 11.7. The Hall–Kier alpha value is -1.66. The number of benzene rings is 1. The highest BCUT2D eigenvalue weighted by Crippen LogP contribution is 2.19. The van der Waals surface area contributed by atoms with Crippen molar-refractivity contribution in [3.05, 3.63) is 30.3 Å². The lowest BCUT2D eigenvalue weighted by Gasteiger charge is -2.07. The predicted octanol–water partition coefficient (Wildman–Crippen LogP) is 1.96. The van der Waals surface area contributed by atoms with Gasteiger partial charge in [0.05, 0.1) is 10.4 Å². The van der Waals surface area contributed by atoms with Crippen LogP contribution in [0.1, 0.15) is 13.3 Å². The predicted molar refractivity (Wildman–Crippen MR) is 76.8 cm³/mol. The maximum Gasteiger partial charge on any atom is 0.240 e. The molecule has 19 heavy (non-hydrogen) atoms. The van der Waals surface area contributed by atoms with E-state index in [1.807, 2.05) is 19.1 Å². The number of anilines is 1. The molecule has 0 unspecified atom stereocenters. The van der Waals surface area contributed by atoms with Crippen molar-refractivity contribution in [3.63, 3.8) is 0 Å². The summed E-state index contributed by atoms with van der Waals surface area (Å²) in [7, 11) is -1.63. The number of nitrogens with one attached hydrogen (secondary N) is 2. The number of sulfonamides is 1. The highest BCUT2D eigenvalue weighted by Gasteiger charge is 2.13. The first-order valence-corrected chi connectivity index (χ1v) is 7.63. The Labute approximate surface area is 113 Å². The first-order chi connectivity index (χ1) is 9.06. The van der Waals surface area contributed by atoms with E-state index in [-0.39, 0.29) is 4.90 Å². The number of hydrogen-bond donors (Lipinski definition) is 2. The van der Waals surface area contributed by atoms with E-state index in [1.165, 1.54) is 0 Å². The van der Waals surface area contributed by atoms with Crippen LogP contribution in [0.25, 0.3) is 10.9 Å². The second-order valence-electron chi connectivity index (χ2n) is 4.20.